The van der Waals surface area contributed by atoms with Gasteiger partial charge in [-0.15, -0.1) is 0 Å². The molecule has 1 saturated carbocycles. The van der Waals surface area contributed by atoms with E-state index in [1.807, 2.05) is 67.6 Å². The highest BCUT2D eigenvalue weighted by molar-refractivity contribution is 7.92. The van der Waals surface area contributed by atoms with Crippen LogP contribution in [-0.4, -0.2) is 56.6 Å². The molecule has 3 aromatic carbocycles. The van der Waals surface area contributed by atoms with Crippen LogP contribution in [0.1, 0.15) is 63.0 Å². The molecule has 2 amide bonds. The van der Waals surface area contributed by atoms with E-state index >= 15 is 0 Å². The Morgan fingerprint density at radius 3 is 2.09 bits per heavy atom. The molecule has 1 fully saturated rings. The molecule has 236 valence electrons. The van der Waals surface area contributed by atoms with E-state index in [9.17, 15) is 18.0 Å². The number of hydrogen-bond acceptors (Lipinski definition) is 5. The highest BCUT2D eigenvalue weighted by Gasteiger charge is 2.32. The summed E-state index contributed by atoms with van der Waals surface area (Å²) in [6.07, 6.45) is 7.20. The molecule has 3 aromatic rings. The number of hydrogen-bond donors (Lipinski definition) is 1. The summed E-state index contributed by atoms with van der Waals surface area (Å²) < 4.78 is 32.3. The van der Waals surface area contributed by atoms with Gasteiger partial charge in [0.15, 0.2) is 0 Å². The predicted molar refractivity (Wildman–Crippen MR) is 175 cm³/mol. The summed E-state index contributed by atoms with van der Waals surface area (Å²) >= 11 is 0. The van der Waals surface area contributed by atoms with Crippen LogP contribution in [0.2, 0.25) is 0 Å². The highest BCUT2D eigenvalue weighted by atomic mass is 32.2. The number of nitrogens with one attached hydrogen (secondary N) is 1. The van der Waals surface area contributed by atoms with Crippen LogP contribution in [0.4, 0.5) is 5.69 Å². The van der Waals surface area contributed by atoms with Gasteiger partial charge in [-0.2, -0.15) is 0 Å². The van der Waals surface area contributed by atoms with E-state index in [2.05, 4.69) is 5.32 Å². The minimum atomic E-state index is -3.59. The topological polar surface area (TPSA) is 96.0 Å². The van der Waals surface area contributed by atoms with Crippen molar-refractivity contribution in [2.75, 3.05) is 23.7 Å². The number of ether oxygens (including phenoxy) is 1. The Kier molecular flexibility index (Phi) is 12.2. The number of rotatable bonds is 15. The van der Waals surface area contributed by atoms with E-state index in [0.717, 1.165) is 36.8 Å². The normalized spacial score (nSPS) is 14.4. The largest absolute Gasteiger partial charge is 0.494 e. The van der Waals surface area contributed by atoms with Crippen LogP contribution in [0.15, 0.2) is 84.9 Å². The molecule has 0 unspecified atom stereocenters. The number of nitrogens with zero attached hydrogens (tertiary/aromatic N) is 2. The minimum absolute atomic E-state index is 0.0951. The molecule has 8 nitrogen and oxygen atoms in total. The Hall–Kier alpha value is -3.85. The summed E-state index contributed by atoms with van der Waals surface area (Å²) in [4.78, 5) is 29.6. The van der Waals surface area contributed by atoms with Gasteiger partial charge in [-0.1, -0.05) is 79.9 Å². The Bertz CT molecular complexity index is 1430. The lowest BCUT2D eigenvalue weighted by molar-refractivity contribution is -0.141. The fourth-order valence-electron chi connectivity index (χ4n) is 5.76. The summed E-state index contributed by atoms with van der Waals surface area (Å²) in [6.45, 7) is 2.82. The summed E-state index contributed by atoms with van der Waals surface area (Å²) in [5.41, 5.74) is 2.41. The Labute approximate surface area is 262 Å². The summed E-state index contributed by atoms with van der Waals surface area (Å²) in [5, 5.41) is 3.26. The van der Waals surface area contributed by atoms with E-state index in [0.29, 0.717) is 30.9 Å². The van der Waals surface area contributed by atoms with Gasteiger partial charge >= 0.3 is 0 Å². The first-order chi connectivity index (χ1) is 21.2. The van der Waals surface area contributed by atoms with Crippen molar-refractivity contribution >= 4 is 27.5 Å². The van der Waals surface area contributed by atoms with Gasteiger partial charge < -0.3 is 15.0 Å². The molecule has 0 aliphatic heterocycles. The lowest BCUT2D eigenvalue weighted by atomic mass is 9.94. The quantitative estimate of drug-likeness (QED) is 0.235. The third-order valence-corrected chi connectivity index (χ3v) is 9.20. The second-order valence-electron chi connectivity index (χ2n) is 11.4. The predicted octanol–water partition coefficient (Wildman–Crippen LogP) is 5.72. The van der Waals surface area contributed by atoms with Gasteiger partial charge in [-0.25, -0.2) is 8.42 Å². The van der Waals surface area contributed by atoms with Crippen LogP contribution in [0.25, 0.3) is 0 Å². The standard InChI is InChI=1S/C35H45N3O5S/c1-3-43-32-23-21-31(22-24-32)38(44(2,41)42)25-13-20-34(39)37(27-29-16-9-5-10-17-29)33(26-28-14-7-4-8-15-28)35(40)36-30-18-11-6-12-19-30/h4-5,7-10,14-17,21-24,30,33H,3,6,11-13,18-20,25-27H2,1-2H3,(H,36,40)/t33-/m1/s1. The second-order valence-corrected chi connectivity index (χ2v) is 13.3. The van der Waals surface area contributed by atoms with E-state index in [1.54, 1.807) is 29.2 Å². The van der Waals surface area contributed by atoms with Crippen molar-refractivity contribution < 1.29 is 22.7 Å². The Morgan fingerprint density at radius 1 is 0.886 bits per heavy atom. The zero-order valence-corrected chi connectivity index (χ0v) is 26.7. The molecule has 1 aliphatic carbocycles. The van der Waals surface area contributed by atoms with Crippen molar-refractivity contribution in [3.63, 3.8) is 0 Å². The molecule has 9 heteroatoms. The molecule has 44 heavy (non-hydrogen) atoms. The summed E-state index contributed by atoms with van der Waals surface area (Å²) in [5.74, 6) is 0.332. The first kappa shape index (κ1) is 33.1. The van der Waals surface area contributed by atoms with E-state index < -0.39 is 16.1 Å². The highest BCUT2D eigenvalue weighted by Crippen LogP contribution is 2.24. The monoisotopic (exact) mass is 619 g/mol. The van der Waals surface area contributed by atoms with Gasteiger partial charge in [-0.3, -0.25) is 13.9 Å². The summed E-state index contributed by atoms with van der Waals surface area (Å²) in [7, 11) is -3.59. The average molecular weight is 620 g/mol. The Balaban J connectivity index is 1.55. The maximum atomic E-state index is 14.0. The number of anilines is 1. The molecular weight excluding hydrogens is 574 g/mol. The van der Waals surface area contributed by atoms with Gasteiger partial charge in [0.25, 0.3) is 0 Å². The zero-order valence-electron chi connectivity index (χ0n) is 25.9. The van der Waals surface area contributed by atoms with Gasteiger partial charge in [0, 0.05) is 32.0 Å². The molecule has 1 N–H and O–H groups in total. The average Bonchev–Trinajstić information content (AvgIpc) is 3.02. The van der Waals surface area contributed by atoms with Crippen molar-refractivity contribution in [1.82, 2.24) is 10.2 Å². The van der Waals surface area contributed by atoms with Gasteiger partial charge in [0.2, 0.25) is 21.8 Å². The zero-order chi connectivity index (χ0) is 31.4. The number of carbonyl (C=O) groups is 2. The van der Waals surface area contributed by atoms with E-state index in [-0.39, 0.29) is 37.4 Å². The van der Waals surface area contributed by atoms with Gasteiger partial charge in [0.05, 0.1) is 18.6 Å². The molecule has 0 radical (unpaired) electrons. The second kappa shape index (κ2) is 16.3. The maximum Gasteiger partial charge on any atom is 0.243 e. The van der Waals surface area contributed by atoms with Gasteiger partial charge in [0.1, 0.15) is 11.8 Å². The Morgan fingerprint density at radius 2 is 1.50 bits per heavy atom. The third kappa shape index (κ3) is 9.84. The van der Waals surface area contributed by atoms with Crippen molar-refractivity contribution in [1.29, 1.82) is 0 Å². The fraction of sp³-hybridized carbons (Fsp3) is 0.429. The van der Waals surface area contributed by atoms with Crippen molar-refractivity contribution in [2.45, 2.75) is 76.9 Å². The molecule has 0 saturated heterocycles. The number of amides is 2. The lowest BCUT2D eigenvalue weighted by Gasteiger charge is -2.34. The van der Waals surface area contributed by atoms with Crippen LogP contribution in [0, 0.1) is 0 Å². The van der Waals surface area contributed by atoms with E-state index in [4.69, 9.17) is 4.74 Å². The molecular formula is C35H45N3O5S. The van der Waals surface area contributed by atoms with Crippen LogP contribution < -0.4 is 14.4 Å². The first-order valence-electron chi connectivity index (χ1n) is 15.6. The smallest absolute Gasteiger partial charge is 0.243 e. The SMILES string of the molecule is CCOc1ccc(N(CCCC(=O)N(Cc2ccccc2)[C@H](Cc2ccccc2)C(=O)NC2CCCCC2)S(C)(=O)=O)cc1. The van der Waals surface area contributed by atoms with Crippen LogP contribution in [0.5, 0.6) is 5.75 Å². The van der Waals surface area contributed by atoms with Crippen LogP contribution >= 0.6 is 0 Å². The molecule has 0 aromatic heterocycles. The van der Waals surface area contributed by atoms with Crippen molar-refractivity contribution in [3.05, 3.63) is 96.1 Å². The van der Waals surface area contributed by atoms with Gasteiger partial charge in [-0.05, 0) is 61.6 Å². The number of carbonyl (C=O) groups excluding carboxylic acids is 2. The molecule has 0 bridgehead atoms. The van der Waals surface area contributed by atoms with E-state index in [1.165, 1.54) is 17.0 Å². The molecule has 1 atom stereocenters. The molecule has 1 aliphatic rings. The summed E-state index contributed by atoms with van der Waals surface area (Å²) in [6, 6.07) is 25.8. The van der Waals surface area contributed by atoms with Crippen molar-refractivity contribution in [2.24, 2.45) is 0 Å². The maximum absolute atomic E-state index is 14.0. The van der Waals surface area contributed by atoms with Crippen LogP contribution in [-0.2, 0) is 32.6 Å². The first-order valence-corrected chi connectivity index (χ1v) is 17.5. The van der Waals surface area contributed by atoms with Crippen molar-refractivity contribution in [3.8, 4) is 5.75 Å². The fourth-order valence-corrected chi connectivity index (χ4v) is 6.72. The number of benzene rings is 3. The molecule has 0 spiro atoms. The minimum Gasteiger partial charge on any atom is -0.494 e. The number of sulfonamides is 1. The van der Waals surface area contributed by atoms with Crippen LogP contribution in [0.3, 0.4) is 0 Å². The molecule has 0 heterocycles. The lowest BCUT2D eigenvalue weighted by Crippen LogP contribution is -2.52. The third-order valence-electron chi connectivity index (χ3n) is 8.01. The molecule has 4 rings (SSSR count).